The van der Waals surface area contributed by atoms with E-state index in [0.717, 1.165) is 0 Å². The summed E-state index contributed by atoms with van der Waals surface area (Å²) in [5.74, 6) is 0. The minimum Gasteiger partial charge on any atom is -0.376 e. The molecule has 1 aliphatic heterocycles. The van der Waals surface area contributed by atoms with E-state index in [1.54, 1.807) is 0 Å². The lowest BCUT2D eigenvalue weighted by atomic mass is 9.99. The fourth-order valence-electron chi connectivity index (χ4n) is 1.99. The molecule has 6 heteroatoms. The number of hydrogen-bond donors (Lipinski definition) is 0. The lowest BCUT2D eigenvalue weighted by Gasteiger charge is -2.43. The molecule has 1 aliphatic rings. The number of rotatable bonds is 5. The maximum Gasteiger partial charge on any atom is 0.186 e. The molecule has 0 N–H and O–H groups in total. The lowest BCUT2D eigenvalue weighted by molar-refractivity contribution is -0.303. The van der Waals surface area contributed by atoms with Crippen LogP contribution >= 0.6 is 0 Å². The zero-order valence-electron chi connectivity index (χ0n) is 10.0. The smallest absolute Gasteiger partial charge is 0.186 e. The first-order valence-electron chi connectivity index (χ1n) is 5.06. The highest BCUT2D eigenvalue weighted by Crippen LogP contribution is 2.27. The molecule has 0 aromatic carbocycles. The van der Waals surface area contributed by atoms with Gasteiger partial charge in [0.05, 0.1) is 0 Å². The molecule has 5 atom stereocenters. The van der Waals surface area contributed by atoms with Crippen molar-refractivity contribution in [3.63, 3.8) is 0 Å². The van der Waals surface area contributed by atoms with Crippen LogP contribution in [0.5, 0.6) is 0 Å². The quantitative estimate of drug-likeness (QED) is 0.692. The number of halogens is 1. The van der Waals surface area contributed by atoms with E-state index in [4.69, 9.17) is 23.7 Å². The summed E-state index contributed by atoms with van der Waals surface area (Å²) in [5.41, 5.74) is 0. The standard InChI is InChI=1S/C10H19FO5/c1-12-7-6(5-11)16-10(15-4)9(14-3)8(7)13-2/h6-10H,5H2,1-4H3. The third-order valence-electron chi connectivity index (χ3n) is 2.79. The van der Waals surface area contributed by atoms with Gasteiger partial charge in [-0.3, -0.25) is 0 Å². The third-order valence-corrected chi connectivity index (χ3v) is 2.79. The van der Waals surface area contributed by atoms with Crippen molar-refractivity contribution in [3.8, 4) is 0 Å². The van der Waals surface area contributed by atoms with Gasteiger partial charge in [-0.1, -0.05) is 0 Å². The van der Waals surface area contributed by atoms with Crippen LogP contribution < -0.4 is 0 Å². The highest BCUT2D eigenvalue weighted by molar-refractivity contribution is 4.91. The molecule has 0 bridgehead atoms. The van der Waals surface area contributed by atoms with Gasteiger partial charge in [-0.2, -0.15) is 0 Å². The van der Waals surface area contributed by atoms with E-state index in [1.807, 2.05) is 0 Å². The van der Waals surface area contributed by atoms with Crippen LogP contribution in [0, 0.1) is 0 Å². The van der Waals surface area contributed by atoms with Crippen molar-refractivity contribution < 1.29 is 28.1 Å². The summed E-state index contributed by atoms with van der Waals surface area (Å²) in [6, 6.07) is 0. The first-order valence-corrected chi connectivity index (χ1v) is 5.06. The summed E-state index contributed by atoms with van der Waals surface area (Å²) in [6.45, 7) is -0.658. The predicted octanol–water partition coefficient (Wildman–Crippen LogP) is 0.372. The average Bonchev–Trinajstić information content (AvgIpc) is 2.35. The number of alkyl halides is 1. The van der Waals surface area contributed by atoms with Crippen LogP contribution in [-0.4, -0.2) is 65.8 Å². The van der Waals surface area contributed by atoms with Crippen molar-refractivity contribution >= 4 is 0 Å². The first kappa shape index (κ1) is 13.8. The summed E-state index contributed by atoms with van der Waals surface area (Å²) < 4.78 is 39.0. The van der Waals surface area contributed by atoms with E-state index >= 15 is 0 Å². The molecule has 96 valence electrons. The van der Waals surface area contributed by atoms with Crippen LogP contribution in [0.1, 0.15) is 0 Å². The Morgan fingerprint density at radius 2 is 1.44 bits per heavy atom. The molecule has 0 aromatic rings. The van der Waals surface area contributed by atoms with Crippen LogP contribution in [0.4, 0.5) is 4.39 Å². The van der Waals surface area contributed by atoms with E-state index in [-0.39, 0.29) is 0 Å². The fraction of sp³-hybridized carbons (Fsp3) is 1.00. The van der Waals surface area contributed by atoms with Crippen molar-refractivity contribution in [2.24, 2.45) is 0 Å². The fourth-order valence-corrected chi connectivity index (χ4v) is 1.99. The Balaban J connectivity index is 2.85. The minimum absolute atomic E-state index is 0.422. The number of hydrogen-bond acceptors (Lipinski definition) is 5. The van der Waals surface area contributed by atoms with Gasteiger partial charge in [0.25, 0.3) is 0 Å². The van der Waals surface area contributed by atoms with Gasteiger partial charge in [0, 0.05) is 28.4 Å². The predicted molar refractivity (Wildman–Crippen MR) is 54.0 cm³/mol. The van der Waals surface area contributed by atoms with E-state index in [2.05, 4.69) is 0 Å². The molecule has 1 saturated heterocycles. The van der Waals surface area contributed by atoms with E-state index in [9.17, 15) is 4.39 Å². The van der Waals surface area contributed by atoms with Crippen molar-refractivity contribution in [1.82, 2.24) is 0 Å². The Labute approximate surface area is 94.8 Å². The molecule has 0 aromatic heterocycles. The van der Waals surface area contributed by atoms with Gasteiger partial charge in [-0.25, -0.2) is 4.39 Å². The largest absolute Gasteiger partial charge is 0.376 e. The lowest BCUT2D eigenvalue weighted by Crippen LogP contribution is -2.60. The minimum atomic E-state index is -0.703. The van der Waals surface area contributed by atoms with Gasteiger partial charge < -0.3 is 23.7 Å². The van der Waals surface area contributed by atoms with Gasteiger partial charge in [-0.05, 0) is 0 Å². The van der Waals surface area contributed by atoms with Gasteiger partial charge in [0.15, 0.2) is 6.29 Å². The second kappa shape index (κ2) is 6.46. The van der Waals surface area contributed by atoms with Crippen molar-refractivity contribution in [1.29, 1.82) is 0 Å². The molecule has 0 spiro atoms. The second-order valence-corrected chi connectivity index (χ2v) is 3.53. The third kappa shape index (κ3) is 2.52. The Morgan fingerprint density at radius 3 is 1.81 bits per heavy atom. The Kier molecular flexibility index (Phi) is 5.57. The maximum absolute atomic E-state index is 12.8. The van der Waals surface area contributed by atoms with Gasteiger partial charge in [0.1, 0.15) is 31.1 Å². The Morgan fingerprint density at radius 1 is 0.875 bits per heavy atom. The number of methoxy groups -OCH3 is 4. The molecule has 0 saturated carbocycles. The highest BCUT2D eigenvalue weighted by Gasteiger charge is 2.47. The van der Waals surface area contributed by atoms with E-state index in [1.165, 1.54) is 28.4 Å². The first-order chi connectivity index (χ1) is 7.73. The molecule has 1 rings (SSSR count). The zero-order chi connectivity index (χ0) is 12.1. The number of ether oxygens (including phenoxy) is 5. The van der Waals surface area contributed by atoms with E-state index in [0.29, 0.717) is 0 Å². The molecule has 16 heavy (non-hydrogen) atoms. The molecule has 1 fully saturated rings. The summed E-state index contributed by atoms with van der Waals surface area (Å²) in [6.07, 6.45) is -2.73. The van der Waals surface area contributed by atoms with Crippen molar-refractivity contribution in [3.05, 3.63) is 0 Å². The summed E-state index contributed by atoms with van der Waals surface area (Å²) >= 11 is 0. The Bertz CT molecular complexity index is 186. The van der Waals surface area contributed by atoms with Gasteiger partial charge in [-0.15, -0.1) is 0 Å². The van der Waals surface area contributed by atoms with Crippen LogP contribution in [0.3, 0.4) is 0 Å². The van der Waals surface area contributed by atoms with Crippen LogP contribution in [-0.2, 0) is 23.7 Å². The molecular formula is C10H19FO5. The summed E-state index contributed by atoms with van der Waals surface area (Å²) in [4.78, 5) is 0. The molecule has 0 aliphatic carbocycles. The SMILES string of the molecule is COC1OC(CF)C(OC)C(OC)C1OC. The second-order valence-electron chi connectivity index (χ2n) is 3.53. The topological polar surface area (TPSA) is 46.2 Å². The molecule has 5 nitrogen and oxygen atoms in total. The summed E-state index contributed by atoms with van der Waals surface area (Å²) in [5, 5.41) is 0. The molecular weight excluding hydrogens is 219 g/mol. The van der Waals surface area contributed by atoms with Gasteiger partial charge in [0.2, 0.25) is 0 Å². The van der Waals surface area contributed by atoms with Crippen LogP contribution in [0.2, 0.25) is 0 Å². The molecule has 5 unspecified atom stereocenters. The van der Waals surface area contributed by atoms with Crippen LogP contribution in [0.25, 0.3) is 0 Å². The average molecular weight is 238 g/mol. The van der Waals surface area contributed by atoms with Crippen molar-refractivity contribution in [2.45, 2.75) is 30.7 Å². The monoisotopic (exact) mass is 238 g/mol. The molecule has 0 amide bonds. The van der Waals surface area contributed by atoms with Crippen molar-refractivity contribution in [2.75, 3.05) is 35.1 Å². The molecule has 0 radical (unpaired) electrons. The highest BCUT2D eigenvalue weighted by atomic mass is 19.1. The Hall–Kier alpha value is -0.270. The zero-order valence-corrected chi connectivity index (χ0v) is 10.0. The van der Waals surface area contributed by atoms with Gasteiger partial charge >= 0.3 is 0 Å². The normalized spacial score (nSPS) is 39.9. The maximum atomic E-state index is 12.8. The molecule has 1 heterocycles. The van der Waals surface area contributed by atoms with Crippen LogP contribution in [0.15, 0.2) is 0 Å². The van der Waals surface area contributed by atoms with E-state index < -0.39 is 37.4 Å². The summed E-state index contributed by atoms with van der Waals surface area (Å²) in [7, 11) is 6.01.